The smallest absolute Gasteiger partial charge is 0.122 e. The maximum absolute atomic E-state index is 6.64. The molecular formula is C4H7ClN2. The lowest BCUT2D eigenvalue weighted by Gasteiger charge is -1.80. The zero-order valence-corrected chi connectivity index (χ0v) is 4.79. The molecule has 0 heterocycles. The van der Waals surface area contributed by atoms with Gasteiger partial charge in [-0.1, -0.05) is 11.6 Å². The zero-order valence-electron chi connectivity index (χ0n) is 4.03. The molecule has 0 atom stereocenters. The van der Waals surface area contributed by atoms with Crippen molar-refractivity contribution in [1.29, 1.82) is 5.41 Å². The summed E-state index contributed by atoms with van der Waals surface area (Å²) in [5.41, 5.74) is 0. The summed E-state index contributed by atoms with van der Waals surface area (Å²) in [5.74, 6) is 0. The van der Waals surface area contributed by atoms with Crippen LogP contribution in [0, 0.1) is 5.41 Å². The minimum Gasteiger partial charge on any atom is -0.394 e. The molecule has 0 aromatic carbocycles. The SMILES string of the molecule is CN/C=C\C(=N)Cl. The highest BCUT2D eigenvalue weighted by Gasteiger charge is 1.72. The fourth-order valence-electron chi connectivity index (χ4n) is 0.156. The third kappa shape index (κ3) is 5.50. The number of nitrogens with one attached hydrogen (secondary N) is 2. The normalized spacial score (nSPS) is 9.43. The van der Waals surface area contributed by atoms with E-state index in [-0.39, 0.29) is 5.17 Å². The number of rotatable bonds is 2. The molecular weight excluding hydrogens is 112 g/mol. The van der Waals surface area contributed by atoms with Crippen molar-refractivity contribution in [2.75, 3.05) is 7.05 Å². The van der Waals surface area contributed by atoms with Gasteiger partial charge in [-0.15, -0.1) is 0 Å². The maximum Gasteiger partial charge on any atom is 0.122 e. The maximum atomic E-state index is 6.64. The van der Waals surface area contributed by atoms with Crippen LogP contribution in [-0.2, 0) is 0 Å². The summed E-state index contributed by atoms with van der Waals surface area (Å²) in [5, 5.41) is 9.37. The molecule has 2 N–H and O–H groups in total. The molecule has 0 saturated carbocycles. The third-order valence-corrected chi connectivity index (χ3v) is 0.522. The topological polar surface area (TPSA) is 35.9 Å². The Morgan fingerprint density at radius 2 is 2.43 bits per heavy atom. The minimum atomic E-state index is 0.0364. The second-order valence-electron chi connectivity index (χ2n) is 0.970. The van der Waals surface area contributed by atoms with Gasteiger partial charge in [0.1, 0.15) is 5.17 Å². The first-order chi connectivity index (χ1) is 3.27. The largest absolute Gasteiger partial charge is 0.394 e. The minimum absolute atomic E-state index is 0.0364. The van der Waals surface area contributed by atoms with E-state index < -0.39 is 0 Å². The highest BCUT2D eigenvalue weighted by Crippen LogP contribution is 1.78. The molecule has 7 heavy (non-hydrogen) atoms. The van der Waals surface area contributed by atoms with E-state index in [2.05, 4.69) is 5.32 Å². The van der Waals surface area contributed by atoms with Crippen LogP contribution in [0.3, 0.4) is 0 Å². The van der Waals surface area contributed by atoms with Gasteiger partial charge in [-0.3, -0.25) is 5.41 Å². The third-order valence-electron chi connectivity index (χ3n) is 0.396. The molecule has 0 unspecified atom stereocenters. The van der Waals surface area contributed by atoms with E-state index in [1.807, 2.05) is 0 Å². The zero-order chi connectivity index (χ0) is 5.70. The van der Waals surface area contributed by atoms with E-state index in [4.69, 9.17) is 17.0 Å². The van der Waals surface area contributed by atoms with E-state index in [1.54, 1.807) is 13.2 Å². The van der Waals surface area contributed by atoms with Gasteiger partial charge in [0.2, 0.25) is 0 Å². The van der Waals surface area contributed by atoms with Gasteiger partial charge in [-0.2, -0.15) is 0 Å². The molecule has 0 fully saturated rings. The lowest BCUT2D eigenvalue weighted by Crippen LogP contribution is -1.92. The second kappa shape index (κ2) is 3.68. The van der Waals surface area contributed by atoms with Crippen LogP contribution < -0.4 is 5.32 Å². The Labute approximate surface area is 47.7 Å². The molecule has 0 bridgehead atoms. The Morgan fingerprint density at radius 3 is 2.57 bits per heavy atom. The van der Waals surface area contributed by atoms with Crippen LogP contribution in [0.4, 0.5) is 0 Å². The number of hydrogen-bond acceptors (Lipinski definition) is 2. The van der Waals surface area contributed by atoms with Crippen LogP contribution in [0.5, 0.6) is 0 Å². The van der Waals surface area contributed by atoms with Crippen molar-refractivity contribution in [2.45, 2.75) is 0 Å². The van der Waals surface area contributed by atoms with Gasteiger partial charge in [0.15, 0.2) is 0 Å². The van der Waals surface area contributed by atoms with E-state index in [0.29, 0.717) is 0 Å². The lowest BCUT2D eigenvalue weighted by molar-refractivity contribution is 1.11. The molecule has 3 heteroatoms. The van der Waals surface area contributed by atoms with Crippen molar-refractivity contribution in [3.63, 3.8) is 0 Å². The van der Waals surface area contributed by atoms with Gasteiger partial charge in [0.25, 0.3) is 0 Å². The predicted octanol–water partition coefficient (Wildman–Crippen LogP) is 0.936. The van der Waals surface area contributed by atoms with Crippen LogP contribution in [0.15, 0.2) is 12.3 Å². The van der Waals surface area contributed by atoms with Gasteiger partial charge >= 0.3 is 0 Å². The summed E-state index contributed by atoms with van der Waals surface area (Å²) in [7, 11) is 1.75. The Morgan fingerprint density at radius 1 is 1.86 bits per heavy atom. The van der Waals surface area contributed by atoms with Crippen LogP contribution in [0.2, 0.25) is 0 Å². The van der Waals surface area contributed by atoms with E-state index >= 15 is 0 Å². The van der Waals surface area contributed by atoms with Crippen LogP contribution in [0.1, 0.15) is 0 Å². The van der Waals surface area contributed by atoms with Gasteiger partial charge in [0.05, 0.1) is 0 Å². The van der Waals surface area contributed by atoms with Crippen molar-refractivity contribution in [3.05, 3.63) is 12.3 Å². The molecule has 0 rings (SSSR count). The highest BCUT2D eigenvalue weighted by atomic mass is 35.5. The molecule has 0 aliphatic rings. The van der Waals surface area contributed by atoms with Gasteiger partial charge < -0.3 is 5.32 Å². The monoisotopic (exact) mass is 118 g/mol. The Hall–Kier alpha value is -0.500. The molecule has 0 aliphatic carbocycles. The molecule has 0 aromatic heterocycles. The van der Waals surface area contributed by atoms with Crippen LogP contribution in [0.25, 0.3) is 0 Å². The average Bonchev–Trinajstić information content (AvgIpc) is 1.61. The Kier molecular flexibility index (Phi) is 3.42. The Bertz CT molecular complexity index is 87.7. The fraction of sp³-hybridized carbons (Fsp3) is 0.250. The van der Waals surface area contributed by atoms with E-state index in [9.17, 15) is 0 Å². The van der Waals surface area contributed by atoms with Crippen molar-refractivity contribution >= 4 is 16.8 Å². The molecule has 0 aliphatic heterocycles. The number of allylic oxidation sites excluding steroid dienone is 1. The van der Waals surface area contributed by atoms with Gasteiger partial charge in [-0.05, 0) is 12.3 Å². The summed E-state index contributed by atoms with van der Waals surface area (Å²) >= 11 is 5.11. The van der Waals surface area contributed by atoms with Crippen molar-refractivity contribution < 1.29 is 0 Å². The average molecular weight is 119 g/mol. The first-order valence-electron chi connectivity index (χ1n) is 1.85. The predicted molar refractivity (Wildman–Crippen MR) is 31.8 cm³/mol. The molecule has 0 aromatic rings. The summed E-state index contributed by atoms with van der Waals surface area (Å²) in [6.07, 6.45) is 3.05. The summed E-state index contributed by atoms with van der Waals surface area (Å²) in [6, 6.07) is 0. The van der Waals surface area contributed by atoms with Crippen molar-refractivity contribution in [3.8, 4) is 0 Å². The molecule has 0 amide bonds. The lowest BCUT2D eigenvalue weighted by atomic mass is 10.6. The summed E-state index contributed by atoms with van der Waals surface area (Å²) in [4.78, 5) is 0. The van der Waals surface area contributed by atoms with Crippen LogP contribution >= 0.6 is 11.6 Å². The Balaban J connectivity index is 3.26. The van der Waals surface area contributed by atoms with E-state index in [0.717, 1.165) is 0 Å². The first-order valence-corrected chi connectivity index (χ1v) is 2.23. The fourth-order valence-corrected chi connectivity index (χ4v) is 0.219. The first kappa shape index (κ1) is 6.50. The number of hydrogen-bond donors (Lipinski definition) is 2. The molecule has 0 spiro atoms. The molecule has 0 saturated heterocycles. The quantitative estimate of drug-likeness (QED) is 0.520. The highest BCUT2D eigenvalue weighted by molar-refractivity contribution is 6.67. The van der Waals surface area contributed by atoms with Crippen LogP contribution in [-0.4, -0.2) is 12.2 Å². The van der Waals surface area contributed by atoms with Crippen molar-refractivity contribution in [2.24, 2.45) is 0 Å². The standard InChI is InChI=1S/C4H7ClN2/c1-7-3-2-4(5)6/h2-3,6-7H,1H3/b3-2-,6-4?. The van der Waals surface area contributed by atoms with Gasteiger partial charge in [-0.25, -0.2) is 0 Å². The summed E-state index contributed by atoms with van der Waals surface area (Å²) in [6.45, 7) is 0. The van der Waals surface area contributed by atoms with Crippen molar-refractivity contribution in [1.82, 2.24) is 5.32 Å². The molecule has 0 radical (unpaired) electrons. The van der Waals surface area contributed by atoms with Gasteiger partial charge in [0, 0.05) is 7.05 Å². The molecule has 40 valence electrons. The number of halogens is 1. The molecule has 2 nitrogen and oxygen atoms in total. The summed E-state index contributed by atoms with van der Waals surface area (Å²) < 4.78 is 0. The second-order valence-corrected chi connectivity index (χ2v) is 1.38. The van der Waals surface area contributed by atoms with E-state index in [1.165, 1.54) is 6.08 Å².